The number of esters is 1. The van der Waals surface area contributed by atoms with E-state index in [0.29, 0.717) is 18.4 Å². The van der Waals surface area contributed by atoms with Gasteiger partial charge in [-0.2, -0.15) is 0 Å². The van der Waals surface area contributed by atoms with Crippen LogP contribution in [0.15, 0.2) is 23.8 Å². The Labute approximate surface area is 329 Å². The maximum atomic E-state index is 14.6. The minimum absolute atomic E-state index is 0.0499. The van der Waals surface area contributed by atoms with Gasteiger partial charge in [0.1, 0.15) is 36.6 Å². The Kier molecular flexibility index (Phi) is 16.0. The van der Waals surface area contributed by atoms with Gasteiger partial charge in [-0.15, -0.1) is 0 Å². The van der Waals surface area contributed by atoms with E-state index in [1.165, 1.54) is 0 Å². The number of fused-ring (bicyclic) bond motifs is 5. The third-order valence-corrected chi connectivity index (χ3v) is 13.1. The summed E-state index contributed by atoms with van der Waals surface area (Å²) >= 11 is 0. The second-order valence-corrected chi connectivity index (χ2v) is 16.5. The van der Waals surface area contributed by atoms with E-state index in [1.807, 2.05) is 13.8 Å². The molecule has 0 aromatic carbocycles. The molecule has 0 bridgehead atoms. The average molecular weight is 806 g/mol. The molecule has 6 rings (SSSR count). The highest BCUT2D eigenvalue weighted by Crippen LogP contribution is 2.54. The Morgan fingerprint density at radius 3 is 2.16 bits per heavy atom. The van der Waals surface area contributed by atoms with Crippen molar-refractivity contribution in [1.29, 1.82) is 0 Å². The van der Waals surface area contributed by atoms with Crippen LogP contribution in [0.2, 0.25) is 0 Å². The van der Waals surface area contributed by atoms with Crippen LogP contribution in [0.25, 0.3) is 0 Å². The minimum Gasteiger partial charge on any atom is -0.462 e. The normalized spacial score (nSPS) is 43.2. The van der Waals surface area contributed by atoms with E-state index < -0.39 is 19.6 Å². The summed E-state index contributed by atoms with van der Waals surface area (Å²) in [6, 6.07) is 0.413. The number of allylic oxidation sites excluding steroid dienone is 4. The number of nitrogens with two attached hydrogens (primary N) is 1. The summed E-state index contributed by atoms with van der Waals surface area (Å²) in [5, 5.41) is 2.22. The van der Waals surface area contributed by atoms with Crippen molar-refractivity contribution in [2.75, 3.05) is 28.4 Å². The van der Waals surface area contributed by atoms with Crippen molar-refractivity contribution in [3.05, 3.63) is 23.8 Å². The van der Waals surface area contributed by atoms with Crippen molar-refractivity contribution < 1.29 is 70.1 Å². The zero-order valence-electron chi connectivity index (χ0n) is 34.2. The summed E-state index contributed by atoms with van der Waals surface area (Å²) in [6.45, 7) is 8.17. The summed E-state index contributed by atoms with van der Waals surface area (Å²) in [5.74, 6) is 0.0520. The molecule has 2 N–H and O–H groups in total. The molecule has 0 unspecified atom stereocenters. The molecule has 16 heteroatoms. The molecular formula is C40H64BF4NO10. The van der Waals surface area contributed by atoms with Crippen LogP contribution in [-0.4, -0.2) is 115 Å². The molecule has 11 nitrogen and oxygen atoms in total. The third-order valence-electron chi connectivity index (χ3n) is 13.1. The van der Waals surface area contributed by atoms with Crippen molar-refractivity contribution in [3.8, 4) is 0 Å². The number of quaternary nitrogens is 1. The number of halogens is 4. The zero-order chi connectivity index (χ0) is 40.9. The molecule has 3 heterocycles. The molecule has 4 fully saturated rings. The number of methoxy groups -OCH3 is 3. The molecule has 320 valence electrons. The summed E-state index contributed by atoms with van der Waals surface area (Å²) < 4.78 is 88.4. The monoisotopic (exact) mass is 805 g/mol. The first-order chi connectivity index (χ1) is 26.6. The second kappa shape index (κ2) is 19.9. The number of Topliss-reactive ketones (excluding diaryl/α,β-unsaturated/α-hetero) is 1. The highest BCUT2D eigenvalue weighted by molar-refractivity contribution is 6.50. The summed E-state index contributed by atoms with van der Waals surface area (Å²) in [4.78, 5) is 28.1. The molecule has 0 aromatic rings. The Balaban J connectivity index is 0.00000113. The van der Waals surface area contributed by atoms with Crippen LogP contribution in [0.4, 0.5) is 17.3 Å². The van der Waals surface area contributed by atoms with Crippen molar-refractivity contribution >= 4 is 19.0 Å². The molecule has 6 aliphatic rings. The molecule has 1 saturated carbocycles. The fraction of sp³-hybridized carbons (Fsp3) is 0.850. The zero-order valence-corrected chi connectivity index (χ0v) is 34.2. The van der Waals surface area contributed by atoms with Gasteiger partial charge in [-0.25, -0.2) is 0 Å². The number of hydrogen-bond donors (Lipinski definition) is 1. The van der Waals surface area contributed by atoms with Gasteiger partial charge in [0.05, 0.1) is 31.8 Å². The molecule has 3 aliphatic heterocycles. The lowest BCUT2D eigenvalue weighted by Gasteiger charge is -2.44. The lowest BCUT2D eigenvalue weighted by Crippen LogP contribution is -2.89. The van der Waals surface area contributed by atoms with Gasteiger partial charge in [-0.1, -0.05) is 32.1 Å². The minimum atomic E-state index is -6.00. The highest BCUT2D eigenvalue weighted by Gasteiger charge is 2.52. The predicted molar refractivity (Wildman–Crippen MR) is 199 cm³/mol. The van der Waals surface area contributed by atoms with Gasteiger partial charge in [-0.3, -0.25) is 9.59 Å². The standard InChI is InChI=1S/C40H63NO10.BF4/c1-9-25-11-10-12-33(51-35-16-15-32(41-5)22(3)47-35)21(2)36(43)31-19-29-27(30(31)20-34(42)49-25)14-13-24-17-26(18-28(24)29)50-40-39(46-8)38(45-7)37(44-6)23(4)48-40;2-1(3,4)5/h13-14,19,21-30,32-33,35,37-41H,9-12,15-18,20H2,1-8H3;/q;-1/p+1/t21-,22-,23+,24-,25+,26-,27-,28-,29-,30+,32+,33-,35+,37+,38-,39-,40+;/m1./s1. The van der Waals surface area contributed by atoms with E-state index in [4.69, 9.17) is 37.9 Å². The van der Waals surface area contributed by atoms with Crippen molar-refractivity contribution in [2.24, 2.45) is 35.5 Å². The molecule has 3 aliphatic carbocycles. The molecule has 56 heavy (non-hydrogen) atoms. The van der Waals surface area contributed by atoms with E-state index in [9.17, 15) is 26.9 Å². The smallest absolute Gasteiger partial charge is 0.462 e. The Hall–Kier alpha value is -1.92. The molecule has 0 amide bonds. The first-order valence-electron chi connectivity index (χ1n) is 20.6. The summed E-state index contributed by atoms with van der Waals surface area (Å²) in [5.41, 5.74) is 0.766. The number of ether oxygens (including phenoxy) is 8. The number of cyclic esters (lactones) is 1. The summed E-state index contributed by atoms with van der Waals surface area (Å²) in [7, 11) is 1.06. The van der Waals surface area contributed by atoms with Crippen LogP contribution in [0.5, 0.6) is 0 Å². The topological polar surface area (TPSA) is 125 Å². The van der Waals surface area contributed by atoms with Gasteiger partial charge < -0.3 is 60.5 Å². The molecular weight excluding hydrogens is 741 g/mol. The van der Waals surface area contributed by atoms with Gasteiger partial charge >= 0.3 is 13.2 Å². The van der Waals surface area contributed by atoms with Crippen LogP contribution in [0.3, 0.4) is 0 Å². The lowest BCUT2D eigenvalue weighted by molar-refractivity contribution is -0.676. The molecule has 0 radical (unpaired) electrons. The van der Waals surface area contributed by atoms with E-state index in [2.05, 4.69) is 44.4 Å². The quantitative estimate of drug-likeness (QED) is 0.140. The lowest BCUT2D eigenvalue weighted by atomic mass is 9.70. The number of likely N-dealkylation sites (N-methyl/N-ethyl adjacent to an activating group) is 1. The first-order valence-corrected chi connectivity index (χ1v) is 20.6. The third kappa shape index (κ3) is 10.8. The first kappa shape index (κ1) is 45.2. The number of carbonyl (C=O) groups is 2. The van der Waals surface area contributed by atoms with Gasteiger partial charge in [0, 0.05) is 46.0 Å². The number of hydrogen-bond acceptors (Lipinski definition) is 10. The van der Waals surface area contributed by atoms with Crippen LogP contribution in [0.1, 0.15) is 85.5 Å². The fourth-order valence-corrected chi connectivity index (χ4v) is 10.2. The number of rotatable bonds is 9. The van der Waals surface area contributed by atoms with Crippen LogP contribution in [-0.2, 0) is 47.5 Å². The largest absolute Gasteiger partial charge is 0.673 e. The van der Waals surface area contributed by atoms with Crippen LogP contribution < -0.4 is 5.32 Å². The van der Waals surface area contributed by atoms with E-state index in [-0.39, 0.29) is 96.8 Å². The molecule has 3 saturated heterocycles. The number of ketones is 1. The van der Waals surface area contributed by atoms with Gasteiger partial charge in [-0.05, 0) is 81.6 Å². The Bertz CT molecular complexity index is 1370. The Morgan fingerprint density at radius 1 is 0.839 bits per heavy atom. The fourth-order valence-electron chi connectivity index (χ4n) is 10.2. The number of carbonyl (C=O) groups excluding carboxylic acids is 2. The van der Waals surface area contributed by atoms with E-state index >= 15 is 0 Å². The highest BCUT2D eigenvalue weighted by atomic mass is 19.5. The van der Waals surface area contributed by atoms with Gasteiger partial charge in [0.25, 0.3) is 0 Å². The second-order valence-electron chi connectivity index (χ2n) is 16.5. The van der Waals surface area contributed by atoms with Crippen LogP contribution in [0, 0.1) is 35.5 Å². The maximum absolute atomic E-state index is 14.6. The SMILES string of the molecule is CC[C@H]1CCC[C@@H](O[C@H]2CC[C@H]([NH2+]C)[C@@H](C)O2)[C@@H](C)C(=O)C2=C[C@@H]3[C@@H](C=C[C@@H]4C[C@@H](O[C@@H]5O[C@@H](C)[C@H](OC)[C@@H](OC)[C@H]5OC)C[C@@H]34)[C@@H]2CC(=O)O1.F[B-](F)(F)F. The van der Waals surface area contributed by atoms with Crippen molar-refractivity contribution in [1.82, 2.24) is 0 Å². The van der Waals surface area contributed by atoms with E-state index in [1.54, 1.807) is 21.3 Å². The Morgan fingerprint density at radius 2 is 1.54 bits per heavy atom. The average Bonchev–Trinajstić information content (AvgIpc) is 3.72. The maximum Gasteiger partial charge on any atom is 0.673 e. The van der Waals surface area contributed by atoms with Gasteiger partial charge in [0.15, 0.2) is 18.4 Å². The van der Waals surface area contributed by atoms with Crippen molar-refractivity contribution in [3.63, 3.8) is 0 Å². The van der Waals surface area contributed by atoms with E-state index in [0.717, 1.165) is 50.5 Å². The summed E-state index contributed by atoms with van der Waals surface area (Å²) in [6.07, 6.45) is 11.0. The van der Waals surface area contributed by atoms with Gasteiger partial charge in [0.2, 0.25) is 0 Å². The molecule has 0 spiro atoms. The molecule has 0 aromatic heterocycles. The predicted octanol–water partition coefficient (Wildman–Crippen LogP) is 5.42. The molecule has 17 atom stereocenters. The van der Waals surface area contributed by atoms with Crippen molar-refractivity contribution in [2.45, 2.75) is 153 Å². The van der Waals surface area contributed by atoms with Crippen LogP contribution >= 0.6 is 0 Å².